The van der Waals surface area contributed by atoms with Crippen molar-refractivity contribution >= 4 is 23.8 Å². The van der Waals surface area contributed by atoms with E-state index < -0.39 is 0 Å². The summed E-state index contributed by atoms with van der Waals surface area (Å²) in [5.74, 6) is 0.692. The summed E-state index contributed by atoms with van der Waals surface area (Å²) in [5, 5.41) is 7.85. The Bertz CT molecular complexity index is 827. The maximum absolute atomic E-state index is 11.7. The van der Waals surface area contributed by atoms with Crippen molar-refractivity contribution in [3.05, 3.63) is 60.2 Å². The molecule has 8 nitrogen and oxygen atoms in total. The summed E-state index contributed by atoms with van der Waals surface area (Å²) in [6.07, 6.45) is 6.07. The molecule has 1 aromatic heterocycles. The second-order valence-electron chi connectivity index (χ2n) is 4.56. The fourth-order valence-electron chi connectivity index (χ4n) is 2.00. The first-order chi connectivity index (χ1) is 11.8. The van der Waals surface area contributed by atoms with Crippen LogP contribution in [0.4, 0.5) is 0 Å². The standard InChI is InChI=1S/C12H8N4O2.C4H4N2/c1-18-8-4-2-7(3-5-8)10-9-11(16-15-10)13-6-14-12(9)17;1-2-5-4-6-3-1/h2-6H,1H3;1-4H. The number of nitrogens with zero attached hydrogens (tertiary/aromatic N) is 6. The molecule has 1 amide bonds. The fourth-order valence-corrected chi connectivity index (χ4v) is 2.00. The Hall–Kier alpha value is -3.55. The SMILES string of the molecule is COc1ccc(C2=C3C(=O)N=CN=C3N=N2)cc1.c1cncnc1. The Labute approximate surface area is 137 Å². The number of hydrogen-bond donors (Lipinski definition) is 0. The van der Waals surface area contributed by atoms with Crippen molar-refractivity contribution in [1.82, 2.24) is 9.97 Å². The van der Waals surface area contributed by atoms with Gasteiger partial charge >= 0.3 is 0 Å². The van der Waals surface area contributed by atoms with Crippen LogP contribution in [0.3, 0.4) is 0 Å². The molecule has 24 heavy (non-hydrogen) atoms. The average molecular weight is 320 g/mol. The van der Waals surface area contributed by atoms with Gasteiger partial charge in [-0.25, -0.2) is 15.0 Å². The van der Waals surface area contributed by atoms with Gasteiger partial charge in [-0.15, -0.1) is 10.2 Å². The van der Waals surface area contributed by atoms with Gasteiger partial charge in [-0.1, -0.05) is 0 Å². The van der Waals surface area contributed by atoms with Crippen LogP contribution in [-0.2, 0) is 4.79 Å². The number of benzene rings is 1. The van der Waals surface area contributed by atoms with Crippen LogP contribution in [0.2, 0.25) is 0 Å². The molecule has 0 unspecified atom stereocenters. The predicted molar refractivity (Wildman–Crippen MR) is 87.7 cm³/mol. The molecule has 0 spiro atoms. The minimum atomic E-state index is -0.365. The molecule has 0 bridgehead atoms. The number of azo groups is 1. The summed E-state index contributed by atoms with van der Waals surface area (Å²) in [6.45, 7) is 0. The van der Waals surface area contributed by atoms with Crippen molar-refractivity contribution in [2.24, 2.45) is 20.2 Å². The highest BCUT2D eigenvalue weighted by Gasteiger charge is 2.28. The molecule has 0 radical (unpaired) electrons. The quantitative estimate of drug-likeness (QED) is 0.847. The van der Waals surface area contributed by atoms with Crippen molar-refractivity contribution in [3.8, 4) is 5.75 Å². The van der Waals surface area contributed by atoms with E-state index in [1.807, 2.05) is 12.1 Å². The van der Waals surface area contributed by atoms with E-state index in [1.165, 1.54) is 12.7 Å². The molecule has 0 N–H and O–H groups in total. The Morgan fingerprint density at radius 1 is 1.00 bits per heavy atom. The van der Waals surface area contributed by atoms with Gasteiger partial charge in [-0.05, 0) is 30.3 Å². The maximum atomic E-state index is 11.7. The molecule has 0 saturated carbocycles. The zero-order chi connectivity index (χ0) is 16.8. The molecular formula is C16H12N6O2. The van der Waals surface area contributed by atoms with Gasteiger partial charge in [-0.2, -0.15) is 4.99 Å². The molecule has 1 aromatic carbocycles. The van der Waals surface area contributed by atoms with Gasteiger partial charge in [0.15, 0.2) is 5.84 Å². The highest BCUT2D eigenvalue weighted by molar-refractivity contribution is 6.31. The van der Waals surface area contributed by atoms with E-state index >= 15 is 0 Å². The number of amides is 1. The van der Waals surface area contributed by atoms with Crippen molar-refractivity contribution in [3.63, 3.8) is 0 Å². The molecule has 0 fully saturated rings. The third-order valence-electron chi connectivity index (χ3n) is 3.12. The normalized spacial score (nSPS) is 14.7. The number of carbonyl (C=O) groups excluding carboxylic acids is 1. The summed E-state index contributed by atoms with van der Waals surface area (Å²) >= 11 is 0. The van der Waals surface area contributed by atoms with Crippen LogP contribution in [0.1, 0.15) is 5.56 Å². The monoisotopic (exact) mass is 320 g/mol. The van der Waals surface area contributed by atoms with E-state index in [9.17, 15) is 4.79 Å². The second kappa shape index (κ2) is 7.14. The van der Waals surface area contributed by atoms with Crippen LogP contribution in [-0.4, -0.2) is 35.2 Å². The summed E-state index contributed by atoms with van der Waals surface area (Å²) in [6, 6.07) is 9.00. The lowest BCUT2D eigenvalue weighted by atomic mass is 10.1. The lowest BCUT2D eigenvalue weighted by Gasteiger charge is -2.04. The number of methoxy groups -OCH3 is 1. The molecule has 0 saturated heterocycles. The van der Waals surface area contributed by atoms with Gasteiger partial charge < -0.3 is 4.74 Å². The average Bonchev–Trinajstić information content (AvgIpc) is 3.09. The second-order valence-corrected chi connectivity index (χ2v) is 4.56. The van der Waals surface area contributed by atoms with Crippen LogP contribution in [0.25, 0.3) is 5.70 Å². The number of hydrogen-bond acceptors (Lipinski definition) is 7. The first kappa shape index (κ1) is 15.3. The zero-order valence-corrected chi connectivity index (χ0v) is 12.7. The first-order valence-electron chi connectivity index (χ1n) is 6.95. The predicted octanol–water partition coefficient (Wildman–Crippen LogP) is 2.32. The number of carbonyl (C=O) groups is 1. The largest absolute Gasteiger partial charge is 0.497 e. The minimum absolute atomic E-state index is 0.320. The molecule has 4 rings (SSSR count). The number of rotatable bonds is 2. The Balaban J connectivity index is 0.000000238. The zero-order valence-electron chi connectivity index (χ0n) is 12.7. The number of ether oxygens (including phenoxy) is 1. The lowest BCUT2D eigenvalue weighted by Crippen LogP contribution is -2.12. The number of amidine groups is 1. The smallest absolute Gasteiger partial charge is 0.284 e. The van der Waals surface area contributed by atoms with E-state index in [1.54, 1.807) is 37.7 Å². The van der Waals surface area contributed by atoms with Gasteiger partial charge in [0.2, 0.25) is 0 Å². The van der Waals surface area contributed by atoms with E-state index in [4.69, 9.17) is 4.74 Å². The molecule has 0 aliphatic carbocycles. The van der Waals surface area contributed by atoms with Crippen molar-refractivity contribution in [2.45, 2.75) is 0 Å². The van der Waals surface area contributed by atoms with Crippen LogP contribution in [0.5, 0.6) is 5.75 Å². The topological polar surface area (TPSA) is 102 Å². The highest BCUT2D eigenvalue weighted by Crippen LogP contribution is 2.30. The first-order valence-corrected chi connectivity index (χ1v) is 6.95. The fraction of sp³-hybridized carbons (Fsp3) is 0.0625. The van der Waals surface area contributed by atoms with Crippen molar-refractivity contribution < 1.29 is 9.53 Å². The molecule has 118 valence electrons. The summed E-state index contributed by atoms with van der Waals surface area (Å²) < 4.78 is 5.08. The van der Waals surface area contributed by atoms with Crippen LogP contribution in [0.15, 0.2) is 74.8 Å². The Morgan fingerprint density at radius 3 is 2.33 bits per heavy atom. The lowest BCUT2D eigenvalue weighted by molar-refractivity contribution is -0.113. The van der Waals surface area contributed by atoms with Crippen LogP contribution >= 0.6 is 0 Å². The molecular weight excluding hydrogens is 308 g/mol. The number of fused-ring (bicyclic) bond motifs is 1. The van der Waals surface area contributed by atoms with Gasteiger partial charge in [0.05, 0.1) is 7.11 Å². The van der Waals surface area contributed by atoms with Gasteiger partial charge in [-0.3, -0.25) is 4.79 Å². The van der Waals surface area contributed by atoms with E-state index in [2.05, 4.69) is 30.2 Å². The van der Waals surface area contributed by atoms with Crippen molar-refractivity contribution in [1.29, 1.82) is 0 Å². The van der Waals surface area contributed by atoms with E-state index in [0.29, 0.717) is 17.1 Å². The molecule has 2 aliphatic rings. The van der Waals surface area contributed by atoms with E-state index in [-0.39, 0.29) is 5.91 Å². The summed E-state index contributed by atoms with van der Waals surface area (Å²) in [4.78, 5) is 26.6. The van der Waals surface area contributed by atoms with Gasteiger partial charge in [0.1, 0.15) is 29.7 Å². The van der Waals surface area contributed by atoms with Gasteiger partial charge in [0.25, 0.3) is 5.91 Å². The third kappa shape index (κ3) is 3.27. The molecule has 8 heteroatoms. The maximum Gasteiger partial charge on any atom is 0.284 e. The molecule has 3 heterocycles. The highest BCUT2D eigenvalue weighted by atomic mass is 16.5. The molecule has 2 aliphatic heterocycles. The van der Waals surface area contributed by atoms with Crippen LogP contribution in [0, 0.1) is 0 Å². The van der Waals surface area contributed by atoms with Crippen LogP contribution < -0.4 is 4.74 Å². The number of aliphatic imine (C=N–C) groups is 2. The Morgan fingerprint density at radius 2 is 1.75 bits per heavy atom. The number of aromatic nitrogens is 2. The van der Waals surface area contributed by atoms with Crippen molar-refractivity contribution in [2.75, 3.05) is 7.11 Å². The minimum Gasteiger partial charge on any atom is -0.497 e. The van der Waals surface area contributed by atoms with E-state index in [0.717, 1.165) is 11.3 Å². The van der Waals surface area contributed by atoms with Gasteiger partial charge in [0, 0.05) is 18.0 Å². The summed E-state index contributed by atoms with van der Waals surface area (Å²) in [7, 11) is 1.59. The molecule has 0 atom stereocenters. The third-order valence-corrected chi connectivity index (χ3v) is 3.12. The summed E-state index contributed by atoms with van der Waals surface area (Å²) in [5.41, 5.74) is 1.63. The molecule has 2 aromatic rings. The Kier molecular flexibility index (Phi) is 4.57.